The van der Waals surface area contributed by atoms with Gasteiger partial charge in [-0.05, 0) is 38.3 Å². The highest BCUT2D eigenvalue weighted by molar-refractivity contribution is 6.01. The Bertz CT molecular complexity index is 604. The van der Waals surface area contributed by atoms with Gasteiger partial charge in [-0.15, -0.1) is 0 Å². The number of fused-ring (bicyclic) bond motifs is 1. The van der Waals surface area contributed by atoms with Gasteiger partial charge in [0.25, 0.3) is 0 Å². The van der Waals surface area contributed by atoms with Crippen LogP contribution < -0.4 is 0 Å². The molecule has 1 N–H and O–H groups in total. The third kappa shape index (κ3) is 2.99. The Morgan fingerprint density at radius 1 is 1.35 bits per heavy atom. The van der Waals surface area contributed by atoms with Crippen LogP contribution in [0.5, 0.6) is 0 Å². The monoisotopic (exact) mass is 276 g/mol. The fraction of sp³-hybridized carbons (Fsp3) is 0.467. The minimum absolute atomic E-state index is 0.267. The highest BCUT2D eigenvalue weighted by atomic mass is 16.5. The maximum atomic E-state index is 11.2. The predicted octanol–water partition coefficient (Wildman–Crippen LogP) is 2.86. The number of aromatic nitrogens is 2. The summed E-state index contributed by atoms with van der Waals surface area (Å²) >= 11 is 0. The van der Waals surface area contributed by atoms with E-state index in [0.29, 0.717) is 5.52 Å². The highest BCUT2D eigenvalue weighted by Gasteiger charge is 2.14. The molecule has 1 aromatic heterocycles. The number of ether oxygens (including phenoxy) is 1. The molecule has 0 unspecified atom stereocenters. The van der Waals surface area contributed by atoms with Gasteiger partial charge < -0.3 is 14.4 Å². The summed E-state index contributed by atoms with van der Waals surface area (Å²) in [6, 6.07) is 5.30. The zero-order valence-electron chi connectivity index (χ0n) is 11.9. The Morgan fingerprint density at radius 3 is 2.85 bits per heavy atom. The molecule has 0 fully saturated rings. The van der Waals surface area contributed by atoms with Crippen molar-refractivity contribution in [2.24, 2.45) is 0 Å². The minimum Gasteiger partial charge on any atom is -0.478 e. The summed E-state index contributed by atoms with van der Waals surface area (Å²) < 4.78 is 7.12. The van der Waals surface area contributed by atoms with Gasteiger partial charge in [0.05, 0.1) is 11.1 Å². The van der Waals surface area contributed by atoms with Crippen molar-refractivity contribution in [2.45, 2.75) is 32.7 Å². The lowest BCUT2D eigenvalue weighted by Crippen LogP contribution is -2.01. The fourth-order valence-corrected chi connectivity index (χ4v) is 2.41. The van der Waals surface area contributed by atoms with Gasteiger partial charge in [-0.1, -0.05) is 6.07 Å². The van der Waals surface area contributed by atoms with Crippen LogP contribution in [0.4, 0.5) is 0 Å². The first-order valence-corrected chi connectivity index (χ1v) is 6.83. The molecule has 0 atom stereocenters. The van der Waals surface area contributed by atoms with Crippen molar-refractivity contribution >= 4 is 17.0 Å². The molecule has 0 aliphatic heterocycles. The van der Waals surface area contributed by atoms with Gasteiger partial charge in [0, 0.05) is 20.3 Å². The molecule has 0 aliphatic carbocycles. The number of benzene rings is 1. The van der Waals surface area contributed by atoms with Crippen molar-refractivity contribution in [3.8, 4) is 0 Å². The summed E-state index contributed by atoms with van der Waals surface area (Å²) in [6.45, 7) is 3.56. The minimum atomic E-state index is -0.930. The number of unbranched alkanes of at least 4 members (excludes halogenated alkanes) is 2. The Morgan fingerprint density at radius 2 is 2.15 bits per heavy atom. The summed E-state index contributed by atoms with van der Waals surface area (Å²) in [5, 5.41) is 9.19. The Labute approximate surface area is 118 Å². The Hall–Kier alpha value is -1.88. The number of carboxylic acid groups (broad SMARTS) is 1. The molecule has 5 nitrogen and oxygen atoms in total. The number of rotatable bonds is 7. The van der Waals surface area contributed by atoms with E-state index < -0.39 is 5.97 Å². The van der Waals surface area contributed by atoms with Gasteiger partial charge in [0.2, 0.25) is 0 Å². The molecule has 5 heteroatoms. The first-order chi connectivity index (χ1) is 9.65. The highest BCUT2D eigenvalue weighted by Crippen LogP contribution is 2.20. The number of hydrogen-bond acceptors (Lipinski definition) is 3. The lowest BCUT2D eigenvalue weighted by Gasteiger charge is -2.07. The smallest absolute Gasteiger partial charge is 0.337 e. The van der Waals surface area contributed by atoms with Crippen LogP contribution in [-0.4, -0.2) is 34.3 Å². The summed E-state index contributed by atoms with van der Waals surface area (Å²) in [7, 11) is 1.71. The number of carboxylic acids is 1. The molecular weight excluding hydrogens is 256 g/mol. The maximum Gasteiger partial charge on any atom is 0.337 e. The number of aromatic carboxylic acids is 1. The lowest BCUT2D eigenvalue weighted by atomic mass is 10.2. The van der Waals surface area contributed by atoms with Crippen LogP contribution in [0.2, 0.25) is 0 Å². The summed E-state index contributed by atoms with van der Waals surface area (Å²) in [4.78, 5) is 15.6. The van der Waals surface area contributed by atoms with Crippen LogP contribution in [0.25, 0.3) is 11.0 Å². The molecule has 0 saturated carbocycles. The second-order valence-electron chi connectivity index (χ2n) is 4.84. The maximum absolute atomic E-state index is 11.2. The lowest BCUT2D eigenvalue weighted by molar-refractivity contribution is 0.0699. The summed E-state index contributed by atoms with van der Waals surface area (Å²) in [5.74, 6) is -0.0687. The van der Waals surface area contributed by atoms with Gasteiger partial charge in [-0.25, -0.2) is 9.78 Å². The van der Waals surface area contributed by atoms with Crippen molar-refractivity contribution in [3.05, 3.63) is 29.6 Å². The van der Waals surface area contributed by atoms with Gasteiger partial charge in [0.15, 0.2) is 0 Å². The number of nitrogens with zero attached hydrogens (tertiary/aromatic N) is 2. The Balaban J connectivity index is 2.19. The molecule has 0 saturated heterocycles. The molecule has 108 valence electrons. The standard InChI is InChI=1S/C15H20N2O3/c1-11-16-14-12(15(18)19)7-6-8-13(14)17(11)9-4-3-5-10-20-2/h6-8H,3-5,9-10H2,1-2H3,(H,18,19). The van der Waals surface area contributed by atoms with E-state index in [9.17, 15) is 9.90 Å². The van der Waals surface area contributed by atoms with E-state index in [-0.39, 0.29) is 5.56 Å². The normalized spacial score (nSPS) is 11.1. The topological polar surface area (TPSA) is 64.4 Å². The van der Waals surface area contributed by atoms with Gasteiger partial charge in [-0.2, -0.15) is 0 Å². The van der Waals surface area contributed by atoms with Crippen LogP contribution in [0.1, 0.15) is 35.4 Å². The molecule has 1 aromatic carbocycles. The van der Waals surface area contributed by atoms with Crippen molar-refractivity contribution in [2.75, 3.05) is 13.7 Å². The molecule has 0 radical (unpaired) electrons. The van der Waals surface area contributed by atoms with Gasteiger partial charge in [-0.3, -0.25) is 0 Å². The molecule has 0 aliphatic rings. The van der Waals surface area contributed by atoms with E-state index in [2.05, 4.69) is 9.55 Å². The SMILES string of the molecule is COCCCCCn1c(C)nc2c(C(=O)O)cccc21. The molecule has 20 heavy (non-hydrogen) atoms. The predicted molar refractivity (Wildman–Crippen MR) is 77.2 cm³/mol. The second-order valence-corrected chi connectivity index (χ2v) is 4.84. The summed E-state index contributed by atoms with van der Waals surface area (Å²) in [6.07, 6.45) is 3.17. The van der Waals surface area contributed by atoms with E-state index >= 15 is 0 Å². The summed E-state index contributed by atoms with van der Waals surface area (Å²) in [5.41, 5.74) is 1.74. The molecule has 0 bridgehead atoms. The molecule has 0 spiro atoms. The molecular formula is C15H20N2O3. The van der Waals surface area contributed by atoms with Crippen molar-refractivity contribution in [1.29, 1.82) is 0 Å². The second kappa shape index (κ2) is 6.52. The van der Waals surface area contributed by atoms with E-state index in [4.69, 9.17) is 4.74 Å². The largest absolute Gasteiger partial charge is 0.478 e. The average Bonchev–Trinajstić information content (AvgIpc) is 2.74. The molecule has 0 amide bonds. The van der Waals surface area contributed by atoms with Crippen LogP contribution >= 0.6 is 0 Å². The van der Waals surface area contributed by atoms with E-state index in [1.165, 1.54) is 0 Å². The number of aryl methyl sites for hydroxylation is 2. The van der Waals surface area contributed by atoms with Crippen molar-refractivity contribution < 1.29 is 14.6 Å². The number of hydrogen-bond donors (Lipinski definition) is 1. The van der Waals surface area contributed by atoms with Gasteiger partial charge >= 0.3 is 5.97 Å². The van der Waals surface area contributed by atoms with Crippen LogP contribution in [0.15, 0.2) is 18.2 Å². The zero-order valence-corrected chi connectivity index (χ0v) is 11.9. The first kappa shape index (κ1) is 14.5. The number of imidazole rings is 1. The first-order valence-electron chi connectivity index (χ1n) is 6.83. The fourth-order valence-electron chi connectivity index (χ4n) is 2.41. The van der Waals surface area contributed by atoms with Crippen LogP contribution in [0.3, 0.4) is 0 Å². The molecule has 2 aromatic rings. The van der Waals surface area contributed by atoms with E-state index in [1.54, 1.807) is 19.2 Å². The van der Waals surface area contributed by atoms with Gasteiger partial charge in [0.1, 0.15) is 11.3 Å². The number of methoxy groups -OCH3 is 1. The number of para-hydroxylation sites is 1. The van der Waals surface area contributed by atoms with E-state index in [0.717, 1.165) is 43.8 Å². The molecule has 2 rings (SSSR count). The van der Waals surface area contributed by atoms with Crippen LogP contribution in [-0.2, 0) is 11.3 Å². The average molecular weight is 276 g/mol. The quantitative estimate of drug-likeness (QED) is 0.790. The van der Waals surface area contributed by atoms with E-state index in [1.807, 2.05) is 13.0 Å². The van der Waals surface area contributed by atoms with Crippen molar-refractivity contribution in [1.82, 2.24) is 9.55 Å². The van der Waals surface area contributed by atoms with Crippen LogP contribution in [0, 0.1) is 6.92 Å². The molecule has 1 heterocycles. The third-order valence-electron chi connectivity index (χ3n) is 3.43. The zero-order chi connectivity index (χ0) is 14.5. The third-order valence-corrected chi connectivity index (χ3v) is 3.43. The Kier molecular flexibility index (Phi) is 4.74. The van der Waals surface area contributed by atoms with Crippen molar-refractivity contribution in [3.63, 3.8) is 0 Å². The number of carbonyl (C=O) groups is 1.